The van der Waals surface area contributed by atoms with Crippen LogP contribution in [0.1, 0.15) is 0 Å². The van der Waals surface area contributed by atoms with Crippen molar-refractivity contribution in [3.63, 3.8) is 0 Å². The predicted molar refractivity (Wildman–Crippen MR) is 240 cm³/mol. The number of fused-ring (bicyclic) bond motifs is 5. The number of benzene rings is 9. The fourth-order valence-corrected chi connectivity index (χ4v) is 9.37. The average Bonchev–Trinajstić information content (AvgIpc) is 3.68. The summed E-state index contributed by atoms with van der Waals surface area (Å²) in [6.07, 6.45) is 0. The smallest absolute Gasteiger partial charge is 0.165 e. The number of hydrogen-bond acceptors (Lipinski definition) is 4. The summed E-state index contributed by atoms with van der Waals surface area (Å²) in [5.41, 5.74) is 10.00. The first-order chi connectivity index (χ1) is 28.2. The molecule has 57 heavy (non-hydrogen) atoms. The minimum atomic E-state index is 0.645. The predicted octanol–water partition coefficient (Wildman–Crippen LogP) is 14.5. The maximum atomic E-state index is 5.35. The largest absolute Gasteiger partial charge is 0.208 e. The summed E-state index contributed by atoms with van der Waals surface area (Å²) in [6.45, 7) is 0. The fraction of sp³-hybridized carbons (Fsp3) is 0. The van der Waals surface area contributed by atoms with E-state index < -0.39 is 0 Å². The average molecular weight is 744 g/mol. The summed E-state index contributed by atoms with van der Waals surface area (Å²) in [6, 6.07) is 71.0. The third-order valence-electron chi connectivity index (χ3n) is 11.0. The molecule has 0 aliphatic rings. The van der Waals surface area contributed by atoms with Crippen molar-refractivity contribution in [2.45, 2.75) is 0 Å². The first kappa shape index (κ1) is 33.1. The first-order valence-electron chi connectivity index (χ1n) is 19.2. The Bertz CT molecular complexity index is 3280. The van der Waals surface area contributed by atoms with Crippen LogP contribution in [0.25, 0.3) is 109 Å². The highest BCUT2D eigenvalue weighted by molar-refractivity contribution is 7.26. The standard InChI is InChI=1S/C53H33N3S/c1-3-13-34(14-4-1)35-25-27-36(28-26-35)39-30-29-38-17-11-22-45(48(38)33-39)51-54-52(46-32-31-40(37-15-5-2-6-16-37)41-18-7-8-19-42(41)46)56-53(55-51)47-23-12-21-44-43-20-9-10-24-49(43)57-50(44)47/h1-33H. The molecule has 0 saturated heterocycles. The van der Waals surface area contributed by atoms with Crippen LogP contribution in [0.15, 0.2) is 200 Å². The van der Waals surface area contributed by atoms with E-state index in [9.17, 15) is 0 Å². The zero-order valence-electron chi connectivity index (χ0n) is 30.8. The number of rotatable bonds is 6. The van der Waals surface area contributed by atoms with Gasteiger partial charge in [-0.15, -0.1) is 11.3 Å². The Kier molecular flexibility index (Phi) is 8.01. The molecule has 0 saturated carbocycles. The van der Waals surface area contributed by atoms with E-state index in [1.54, 1.807) is 11.3 Å². The van der Waals surface area contributed by atoms with Crippen molar-refractivity contribution < 1.29 is 0 Å². The molecule has 4 heteroatoms. The normalized spacial score (nSPS) is 11.5. The summed E-state index contributed by atoms with van der Waals surface area (Å²) in [4.78, 5) is 16.0. The monoisotopic (exact) mass is 743 g/mol. The van der Waals surface area contributed by atoms with Crippen LogP contribution >= 0.6 is 11.3 Å². The second-order valence-electron chi connectivity index (χ2n) is 14.3. The van der Waals surface area contributed by atoms with Gasteiger partial charge in [0.25, 0.3) is 0 Å². The maximum absolute atomic E-state index is 5.35. The minimum Gasteiger partial charge on any atom is -0.208 e. The minimum absolute atomic E-state index is 0.645. The van der Waals surface area contributed by atoms with Crippen molar-refractivity contribution in [3.8, 4) is 67.5 Å². The molecule has 11 aromatic rings. The zero-order valence-corrected chi connectivity index (χ0v) is 31.6. The molecule has 0 aliphatic carbocycles. The Labute approximate surface area is 334 Å². The molecule has 11 rings (SSSR count). The van der Waals surface area contributed by atoms with Gasteiger partial charge in [0.15, 0.2) is 17.5 Å². The van der Waals surface area contributed by atoms with E-state index in [4.69, 9.17) is 15.0 Å². The summed E-state index contributed by atoms with van der Waals surface area (Å²) in [7, 11) is 0. The van der Waals surface area contributed by atoms with Crippen molar-refractivity contribution >= 4 is 53.1 Å². The van der Waals surface area contributed by atoms with Crippen LogP contribution in [0.5, 0.6) is 0 Å². The molecule has 0 spiro atoms. The summed E-state index contributed by atoms with van der Waals surface area (Å²) in [5, 5.41) is 6.93. The second kappa shape index (κ2) is 13.8. The topological polar surface area (TPSA) is 38.7 Å². The van der Waals surface area contributed by atoms with Gasteiger partial charge in [-0.25, -0.2) is 15.0 Å². The van der Waals surface area contributed by atoms with Crippen molar-refractivity contribution in [2.24, 2.45) is 0 Å². The van der Waals surface area contributed by atoms with Gasteiger partial charge < -0.3 is 0 Å². The number of hydrogen-bond donors (Lipinski definition) is 0. The lowest BCUT2D eigenvalue weighted by molar-refractivity contribution is 1.08. The van der Waals surface area contributed by atoms with E-state index in [-0.39, 0.29) is 0 Å². The molecule has 9 aromatic carbocycles. The lowest BCUT2D eigenvalue weighted by Crippen LogP contribution is -2.01. The van der Waals surface area contributed by atoms with Gasteiger partial charge in [0.05, 0.1) is 0 Å². The summed E-state index contributed by atoms with van der Waals surface area (Å²) in [5.74, 6) is 1.95. The van der Waals surface area contributed by atoms with Crippen LogP contribution in [-0.4, -0.2) is 15.0 Å². The fourth-order valence-electron chi connectivity index (χ4n) is 8.16. The molecule has 0 aliphatic heterocycles. The molecular weight excluding hydrogens is 711 g/mol. The van der Waals surface area contributed by atoms with E-state index in [2.05, 4.69) is 200 Å². The van der Waals surface area contributed by atoms with Crippen LogP contribution < -0.4 is 0 Å². The van der Waals surface area contributed by atoms with Crippen molar-refractivity contribution in [2.75, 3.05) is 0 Å². The number of nitrogens with zero attached hydrogens (tertiary/aromatic N) is 3. The van der Waals surface area contributed by atoms with Gasteiger partial charge in [0, 0.05) is 36.9 Å². The molecule has 0 radical (unpaired) electrons. The van der Waals surface area contributed by atoms with Crippen LogP contribution in [0.4, 0.5) is 0 Å². The molecular formula is C53H33N3S. The van der Waals surface area contributed by atoms with Gasteiger partial charge in [0.1, 0.15) is 0 Å². The van der Waals surface area contributed by atoms with Crippen molar-refractivity contribution in [1.29, 1.82) is 0 Å². The highest BCUT2D eigenvalue weighted by Gasteiger charge is 2.20. The Morgan fingerprint density at radius 1 is 0.281 bits per heavy atom. The lowest BCUT2D eigenvalue weighted by atomic mass is 9.94. The number of thiophene rings is 1. The van der Waals surface area contributed by atoms with Gasteiger partial charge in [-0.05, 0) is 79.2 Å². The van der Waals surface area contributed by atoms with Gasteiger partial charge in [-0.1, -0.05) is 176 Å². The van der Waals surface area contributed by atoms with Crippen LogP contribution in [0.2, 0.25) is 0 Å². The first-order valence-corrected chi connectivity index (χ1v) is 20.0. The summed E-state index contributed by atoms with van der Waals surface area (Å²) < 4.78 is 2.42. The molecule has 0 atom stereocenters. The van der Waals surface area contributed by atoms with E-state index in [1.807, 2.05) is 0 Å². The quantitative estimate of drug-likeness (QED) is 0.170. The van der Waals surface area contributed by atoms with Crippen LogP contribution in [-0.2, 0) is 0 Å². The number of aromatic nitrogens is 3. The Morgan fingerprint density at radius 3 is 1.51 bits per heavy atom. The Balaban J connectivity index is 1.12. The van der Waals surface area contributed by atoms with E-state index >= 15 is 0 Å². The molecule has 0 fully saturated rings. The molecule has 0 amide bonds. The van der Waals surface area contributed by atoms with Gasteiger partial charge in [-0.3, -0.25) is 0 Å². The van der Waals surface area contributed by atoms with E-state index in [0.29, 0.717) is 17.5 Å². The highest BCUT2D eigenvalue weighted by atomic mass is 32.1. The van der Waals surface area contributed by atoms with Crippen LogP contribution in [0, 0.1) is 0 Å². The molecule has 0 unspecified atom stereocenters. The Morgan fingerprint density at radius 2 is 0.772 bits per heavy atom. The molecule has 2 heterocycles. The molecule has 0 N–H and O–H groups in total. The second-order valence-corrected chi connectivity index (χ2v) is 15.4. The molecule has 2 aromatic heterocycles. The maximum Gasteiger partial charge on any atom is 0.165 e. The third kappa shape index (κ3) is 5.86. The van der Waals surface area contributed by atoms with E-state index in [0.717, 1.165) is 49.4 Å². The third-order valence-corrected chi connectivity index (χ3v) is 12.2. The summed E-state index contributed by atoms with van der Waals surface area (Å²) >= 11 is 1.79. The molecule has 266 valence electrons. The van der Waals surface area contributed by atoms with E-state index in [1.165, 1.54) is 42.4 Å². The van der Waals surface area contributed by atoms with Crippen LogP contribution in [0.3, 0.4) is 0 Å². The SMILES string of the molecule is c1ccc(-c2ccc(-c3ccc4cccc(-c5nc(-c6ccc(-c7ccccc7)c7ccccc67)nc(-c6cccc7c6sc6ccccc67)n5)c4c3)cc2)cc1. The van der Waals surface area contributed by atoms with Gasteiger partial charge in [-0.2, -0.15) is 0 Å². The van der Waals surface area contributed by atoms with Crippen molar-refractivity contribution in [1.82, 2.24) is 15.0 Å². The molecule has 3 nitrogen and oxygen atoms in total. The Hall–Kier alpha value is -7.27. The highest BCUT2D eigenvalue weighted by Crippen LogP contribution is 2.41. The van der Waals surface area contributed by atoms with Gasteiger partial charge in [0.2, 0.25) is 0 Å². The van der Waals surface area contributed by atoms with Gasteiger partial charge >= 0.3 is 0 Å². The van der Waals surface area contributed by atoms with Crippen molar-refractivity contribution in [3.05, 3.63) is 200 Å². The molecule has 0 bridgehead atoms. The zero-order chi connectivity index (χ0) is 37.7. The lowest BCUT2D eigenvalue weighted by Gasteiger charge is -2.14.